The Morgan fingerprint density at radius 1 is 1.04 bits per heavy atom. The van der Waals surface area contributed by atoms with E-state index in [4.69, 9.17) is 0 Å². The first-order valence-electron chi connectivity index (χ1n) is 9.17. The Morgan fingerprint density at radius 2 is 1.82 bits per heavy atom. The van der Waals surface area contributed by atoms with E-state index in [1.54, 1.807) is 17.4 Å². The molecule has 0 atom stereocenters. The minimum Gasteiger partial charge on any atom is -0.347 e. The van der Waals surface area contributed by atoms with Gasteiger partial charge in [-0.2, -0.15) is 0 Å². The number of fused-ring (bicyclic) bond motifs is 1. The van der Waals surface area contributed by atoms with Gasteiger partial charge in [0.2, 0.25) is 0 Å². The number of nitrogens with one attached hydrogen (secondary N) is 1. The second kappa shape index (κ2) is 7.60. The van der Waals surface area contributed by atoms with Crippen LogP contribution in [0, 0.1) is 19.7 Å². The summed E-state index contributed by atoms with van der Waals surface area (Å²) in [6.45, 7) is 5.00. The van der Waals surface area contributed by atoms with Crippen LogP contribution in [0.15, 0.2) is 60.7 Å². The van der Waals surface area contributed by atoms with E-state index in [1.165, 1.54) is 17.0 Å². The van der Waals surface area contributed by atoms with Gasteiger partial charge in [0.05, 0.1) is 10.2 Å². The average Bonchev–Trinajstić information content (AvgIpc) is 3.17. The molecule has 0 radical (unpaired) electrons. The fourth-order valence-corrected chi connectivity index (χ4v) is 4.40. The first kappa shape index (κ1) is 18.4. The highest BCUT2D eigenvalue weighted by Gasteiger charge is 2.17. The van der Waals surface area contributed by atoms with Crippen LogP contribution in [0.1, 0.15) is 32.1 Å². The zero-order valence-electron chi connectivity index (χ0n) is 15.8. The van der Waals surface area contributed by atoms with Crippen LogP contribution in [0.3, 0.4) is 0 Å². The van der Waals surface area contributed by atoms with E-state index < -0.39 is 0 Å². The van der Waals surface area contributed by atoms with Gasteiger partial charge in [0.25, 0.3) is 5.91 Å². The average molecular weight is 392 g/mol. The number of nitrogens with zero attached hydrogens (tertiary/aromatic N) is 1. The van der Waals surface area contributed by atoms with E-state index in [2.05, 4.69) is 24.4 Å². The highest BCUT2D eigenvalue weighted by Crippen LogP contribution is 2.29. The van der Waals surface area contributed by atoms with E-state index in [0.29, 0.717) is 18.8 Å². The van der Waals surface area contributed by atoms with Gasteiger partial charge in [-0.1, -0.05) is 42.0 Å². The van der Waals surface area contributed by atoms with E-state index >= 15 is 0 Å². The van der Waals surface area contributed by atoms with Crippen molar-refractivity contribution < 1.29 is 9.18 Å². The lowest BCUT2D eigenvalue weighted by Gasteiger charge is -2.11. The summed E-state index contributed by atoms with van der Waals surface area (Å²) in [7, 11) is 0. The second-order valence-corrected chi connectivity index (χ2v) is 8.31. The van der Waals surface area contributed by atoms with E-state index in [-0.39, 0.29) is 11.7 Å². The number of amides is 1. The van der Waals surface area contributed by atoms with Gasteiger partial charge in [-0.15, -0.1) is 11.3 Å². The maximum Gasteiger partial charge on any atom is 0.268 e. The molecule has 2 aromatic carbocycles. The van der Waals surface area contributed by atoms with Gasteiger partial charge in [-0.3, -0.25) is 4.79 Å². The summed E-state index contributed by atoms with van der Waals surface area (Å²) in [5, 5.41) is 3.02. The molecule has 2 heterocycles. The molecule has 0 aliphatic carbocycles. The van der Waals surface area contributed by atoms with Gasteiger partial charge < -0.3 is 9.88 Å². The van der Waals surface area contributed by atoms with E-state index in [1.807, 2.05) is 41.8 Å². The number of rotatable bonds is 5. The summed E-state index contributed by atoms with van der Waals surface area (Å²) in [5.74, 6) is -0.396. The Kier molecular flexibility index (Phi) is 5.01. The number of carbonyl (C=O) groups is 1. The molecule has 28 heavy (non-hydrogen) atoms. The molecule has 0 fully saturated rings. The van der Waals surface area contributed by atoms with Gasteiger partial charge in [-0.05, 0) is 49.2 Å². The minimum absolute atomic E-state index is 0.126. The summed E-state index contributed by atoms with van der Waals surface area (Å²) in [6, 6.07) is 18.6. The van der Waals surface area contributed by atoms with Crippen molar-refractivity contribution in [1.29, 1.82) is 0 Å². The van der Waals surface area contributed by atoms with Crippen LogP contribution < -0.4 is 5.32 Å². The second-order valence-electron chi connectivity index (χ2n) is 7.02. The quantitative estimate of drug-likeness (QED) is 0.482. The summed E-state index contributed by atoms with van der Waals surface area (Å²) >= 11 is 1.66. The Hall–Kier alpha value is -2.92. The Labute approximate surface area is 167 Å². The first-order valence-corrected chi connectivity index (χ1v) is 9.99. The third-order valence-corrected chi connectivity index (χ3v) is 5.70. The topological polar surface area (TPSA) is 34.0 Å². The molecular weight excluding hydrogens is 371 g/mol. The zero-order chi connectivity index (χ0) is 19.7. The molecule has 2 aromatic heterocycles. The van der Waals surface area contributed by atoms with Crippen LogP contribution in [0.4, 0.5) is 4.39 Å². The number of hydrogen-bond acceptors (Lipinski definition) is 2. The normalized spacial score (nSPS) is 11.1. The molecule has 1 amide bonds. The molecule has 0 saturated carbocycles. The maximum atomic E-state index is 13.6. The number of benzene rings is 2. The van der Waals surface area contributed by atoms with Gasteiger partial charge in [0.1, 0.15) is 11.5 Å². The van der Waals surface area contributed by atoms with Crippen LogP contribution in [0.5, 0.6) is 0 Å². The molecule has 0 unspecified atom stereocenters. The van der Waals surface area contributed by atoms with Crippen molar-refractivity contribution in [2.75, 3.05) is 0 Å². The number of halogens is 1. The minimum atomic E-state index is -0.271. The van der Waals surface area contributed by atoms with Crippen molar-refractivity contribution in [2.24, 2.45) is 0 Å². The van der Waals surface area contributed by atoms with Gasteiger partial charge in [0, 0.05) is 18.0 Å². The Balaban J connectivity index is 1.64. The van der Waals surface area contributed by atoms with Gasteiger partial charge in [0.15, 0.2) is 0 Å². The van der Waals surface area contributed by atoms with Crippen LogP contribution >= 0.6 is 11.3 Å². The van der Waals surface area contributed by atoms with Gasteiger partial charge in [-0.25, -0.2) is 4.39 Å². The largest absolute Gasteiger partial charge is 0.347 e. The SMILES string of the molecule is Cc1cccc(CNC(=O)c2cc3sc(C)cc3n2Cc2cccc(F)c2)c1. The van der Waals surface area contributed by atoms with Crippen molar-refractivity contribution >= 4 is 27.5 Å². The van der Waals surface area contributed by atoms with E-state index in [0.717, 1.165) is 26.9 Å². The lowest BCUT2D eigenvalue weighted by Crippen LogP contribution is -2.25. The molecule has 1 N–H and O–H groups in total. The summed E-state index contributed by atoms with van der Waals surface area (Å²) in [5.41, 5.74) is 4.66. The summed E-state index contributed by atoms with van der Waals surface area (Å²) in [6.07, 6.45) is 0. The van der Waals surface area contributed by atoms with Crippen molar-refractivity contribution in [3.63, 3.8) is 0 Å². The van der Waals surface area contributed by atoms with Crippen molar-refractivity contribution in [2.45, 2.75) is 26.9 Å². The Morgan fingerprint density at radius 3 is 2.61 bits per heavy atom. The summed E-state index contributed by atoms with van der Waals surface area (Å²) in [4.78, 5) is 14.1. The molecule has 0 aliphatic rings. The fraction of sp³-hybridized carbons (Fsp3) is 0.174. The molecule has 4 aromatic rings. The molecule has 4 rings (SSSR count). The number of thiophene rings is 1. The lowest BCUT2D eigenvalue weighted by molar-refractivity contribution is 0.0942. The molecule has 0 spiro atoms. The molecular formula is C23H21FN2OS. The molecule has 5 heteroatoms. The number of hydrogen-bond donors (Lipinski definition) is 1. The zero-order valence-corrected chi connectivity index (χ0v) is 16.6. The van der Waals surface area contributed by atoms with Crippen molar-refractivity contribution in [3.8, 4) is 0 Å². The highest BCUT2D eigenvalue weighted by molar-refractivity contribution is 7.19. The smallest absolute Gasteiger partial charge is 0.268 e. The molecule has 3 nitrogen and oxygen atoms in total. The third kappa shape index (κ3) is 3.85. The first-order chi connectivity index (χ1) is 13.5. The standard InChI is InChI=1S/C23H21FN2OS/c1-15-5-3-6-17(9-15)13-25-23(27)21-12-22-20(10-16(2)28-22)26(21)14-18-7-4-8-19(24)11-18/h3-12H,13-14H2,1-2H3,(H,25,27). The molecule has 142 valence electrons. The Bertz CT molecular complexity index is 1160. The number of aryl methyl sites for hydroxylation is 2. The van der Waals surface area contributed by atoms with Gasteiger partial charge >= 0.3 is 0 Å². The molecule has 0 saturated heterocycles. The predicted octanol–water partition coefficient (Wildman–Crippen LogP) is 5.44. The summed E-state index contributed by atoms with van der Waals surface area (Å²) < 4.78 is 16.7. The van der Waals surface area contributed by atoms with Crippen molar-refractivity contribution in [3.05, 3.63) is 93.7 Å². The number of carbonyl (C=O) groups excluding carboxylic acids is 1. The van der Waals surface area contributed by atoms with Crippen molar-refractivity contribution in [1.82, 2.24) is 9.88 Å². The maximum absolute atomic E-state index is 13.6. The fourth-order valence-electron chi connectivity index (χ4n) is 3.44. The lowest BCUT2D eigenvalue weighted by atomic mass is 10.1. The third-order valence-electron chi connectivity index (χ3n) is 4.71. The van der Waals surface area contributed by atoms with Crippen LogP contribution in [-0.2, 0) is 13.1 Å². The van der Waals surface area contributed by atoms with E-state index in [9.17, 15) is 9.18 Å². The van der Waals surface area contributed by atoms with Crippen LogP contribution in [0.25, 0.3) is 10.2 Å². The monoisotopic (exact) mass is 392 g/mol. The van der Waals surface area contributed by atoms with Crippen LogP contribution in [-0.4, -0.2) is 10.5 Å². The molecule has 0 aliphatic heterocycles. The predicted molar refractivity (Wildman–Crippen MR) is 112 cm³/mol. The number of aromatic nitrogens is 1. The molecule has 0 bridgehead atoms. The highest BCUT2D eigenvalue weighted by atomic mass is 32.1. The van der Waals surface area contributed by atoms with Crippen LogP contribution in [0.2, 0.25) is 0 Å².